The van der Waals surface area contributed by atoms with Gasteiger partial charge in [0.1, 0.15) is 5.69 Å². The molecule has 2 aromatic heterocycles. The standard InChI is InChI=1S/C19H18ClN5OS/c20-15-6-2-1-5-14(15)13-17(26)24-9-11-25(12-10-24)19-23-22-18(27-19)16-7-3-4-8-21-16/h1-8H,9-13H2. The lowest BCUT2D eigenvalue weighted by Crippen LogP contribution is -2.49. The monoisotopic (exact) mass is 399 g/mol. The van der Waals surface area contributed by atoms with Crippen LogP contribution in [0, 0.1) is 0 Å². The zero-order chi connectivity index (χ0) is 18.6. The van der Waals surface area contributed by atoms with Crippen LogP contribution in [0.15, 0.2) is 48.7 Å². The minimum absolute atomic E-state index is 0.106. The first kappa shape index (κ1) is 17.9. The van der Waals surface area contributed by atoms with Crippen molar-refractivity contribution in [3.05, 3.63) is 59.2 Å². The van der Waals surface area contributed by atoms with E-state index < -0.39 is 0 Å². The topological polar surface area (TPSA) is 62.2 Å². The molecule has 0 bridgehead atoms. The number of hydrogen-bond acceptors (Lipinski definition) is 6. The van der Waals surface area contributed by atoms with Gasteiger partial charge < -0.3 is 9.80 Å². The summed E-state index contributed by atoms with van der Waals surface area (Å²) in [6, 6.07) is 13.2. The number of piperazine rings is 1. The second-order valence-electron chi connectivity index (χ2n) is 6.24. The van der Waals surface area contributed by atoms with Crippen molar-refractivity contribution >= 4 is 34.0 Å². The summed E-state index contributed by atoms with van der Waals surface area (Å²) >= 11 is 7.69. The second kappa shape index (κ2) is 8.02. The number of carbonyl (C=O) groups excluding carboxylic acids is 1. The normalized spacial score (nSPS) is 14.4. The number of pyridine rings is 1. The van der Waals surface area contributed by atoms with E-state index in [4.69, 9.17) is 11.6 Å². The third kappa shape index (κ3) is 4.09. The minimum atomic E-state index is 0.106. The van der Waals surface area contributed by atoms with Crippen LogP contribution < -0.4 is 4.90 Å². The van der Waals surface area contributed by atoms with Crippen molar-refractivity contribution in [2.75, 3.05) is 31.1 Å². The molecule has 3 aromatic rings. The lowest BCUT2D eigenvalue weighted by Gasteiger charge is -2.34. The van der Waals surface area contributed by atoms with Crippen LogP contribution in [0.2, 0.25) is 5.02 Å². The van der Waals surface area contributed by atoms with Crippen molar-refractivity contribution in [2.45, 2.75) is 6.42 Å². The van der Waals surface area contributed by atoms with Gasteiger partial charge in [0, 0.05) is 37.4 Å². The Morgan fingerprint density at radius 2 is 1.81 bits per heavy atom. The molecule has 27 heavy (non-hydrogen) atoms. The van der Waals surface area contributed by atoms with Crippen molar-refractivity contribution in [1.82, 2.24) is 20.1 Å². The van der Waals surface area contributed by atoms with Gasteiger partial charge in [-0.1, -0.05) is 47.2 Å². The van der Waals surface area contributed by atoms with Gasteiger partial charge in [0.25, 0.3) is 0 Å². The highest BCUT2D eigenvalue weighted by Crippen LogP contribution is 2.28. The third-order valence-corrected chi connectivity index (χ3v) is 5.88. The number of carbonyl (C=O) groups is 1. The molecule has 1 aromatic carbocycles. The molecule has 1 amide bonds. The van der Waals surface area contributed by atoms with Gasteiger partial charge in [-0.15, -0.1) is 10.2 Å². The molecule has 0 spiro atoms. The van der Waals surface area contributed by atoms with E-state index in [1.807, 2.05) is 47.4 Å². The summed E-state index contributed by atoms with van der Waals surface area (Å²) in [4.78, 5) is 20.9. The number of rotatable bonds is 4. The van der Waals surface area contributed by atoms with Gasteiger partial charge in [-0.3, -0.25) is 9.78 Å². The Balaban J connectivity index is 1.36. The second-order valence-corrected chi connectivity index (χ2v) is 7.60. The average Bonchev–Trinajstić information content (AvgIpc) is 3.21. The lowest BCUT2D eigenvalue weighted by atomic mass is 10.1. The summed E-state index contributed by atoms with van der Waals surface area (Å²) in [5, 5.41) is 10.9. The highest BCUT2D eigenvalue weighted by molar-refractivity contribution is 7.18. The van der Waals surface area contributed by atoms with Crippen molar-refractivity contribution in [3.63, 3.8) is 0 Å². The van der Waals surface area contributed by atoms with Crippen LogP contribution in [0.25, 0.3) is 10.7 Å². The number of amides is 1. The van der Waals surface area contributed by atoms with Crippen LogP contribution in [0.1, 0.15) is 5.56 Å². The molecule has 138 valence electrons. The average molecular weight is 400 g/mol. The van der Waals surface area contributed by atoms with E-state index in [1.165, 1.54) is 11.3 Å². The van der Waals surface area contributed by atoms with Gasteiger partial charge in [-0.2, -0.15) is 0 Å². The van der Waals surface area contributed by atoms with E-state index in [2.05, 4.69) is 20.1 Å². The molecule has 0 unspecified atom stereocenters. The first-order valence-electron chi connectivity index (χ1n) is 8.72. The summed E-state index contributed by atoms with van der Waals surface area (Å²) in [7, 11) is 0. The SMILES string of the molecule is O=C(Cc1ccccc1Cl)N1CCN(c2nnc(-c3ccccn3)s2)CC1. The molecular formula is C19H18ClN5OS. The van der Waals surface area contributed by atoms with E-state index in [-0.39, 0.29) is 5.91 Å². The molecule has 1 aliphatic rings. The summed E-state index contributed by atoms with van der Waals surface area (Å²) in [5.41, 5.74) is 1.70. The Hall–Kier alpha value is -2.51. The summed E-state index contributed by atoms with van der Waals surface area (Å²) in [5.74, 6) is 0.106. The molecule has 1 fully saturated rings. The maximum atomic E-state index is 12.6. The van der Waals surface area contributed by atoms with E-state index in [0.717, 1.165) is 34.5 Å². The first-order valence-corrected chi connectivity index (χ1v) is 9.91. The van der Waals surface area contributed by atoms with Gasteiger partial charge in [0.15, 0.2) is 5.01 Å². The molecule has 0 aliphatic carbocycles. The van der Waals surface area contributed by atoms with Gasteiger partial charge in [-0.25, -0.2) is 0 Å². The van der Waals surface area contributed by atoms with E-state index in [0.29, 0.717) is 24.5 Å². The minimum Gasteiger partial charge on any atom is -0.343 e. The molecule has 4 rings (SSSR count). The Kier molecular flexibility index (Phi) is 5.31. The molecule has 0 radical (unpaired) electrons. The maximum Gasteiger partial charge on any atom is 0.227 e. The maximum absolute atomic E-state index is 12.6. The highest BCUT2D eigenvalue weighted by atomic mass is 35.5. The van der Waals surface area contributed by atoms with Crippen LogP contribution in [0.5, 0.6) is 0 Å². The fourth-order valence-electron chi connectivity index (χ4n) is 3.00. The molecular weight excluding hydrogens is 382 g/mol. The van der Waals surface area contributed by atoms with Crippen LogP contribution in [0.4, 0.5) is 5.13 Å². The Morgan fingerprint density at radius 1 is 1.04 bits per heavy atom. The number of nitrogens with zero attached hydrogens (tertiary/aromatic N) is 5. The fraction of sp³-hybridized carbons (Fsp3) is 0.263. The molecule has 0 atom stereocenters. The quantitative estimate of drug-likeness (QED) is 0.674. The molecule has 8 heteroatoms. The number of anilines is 1. The summed E-state index contributed by atoms with van der Waals surface area (Å²) in [6.45, 7) is 2.82. The molecule has 0 N–H and O–H groups in total. The zero-order valence-electron chi connectivity index (χ0n) is 14.6. The van der Waals surface area contributed by atoms with E-state index in [1.54, 1.807) is 6.20 Å². The lowest BCUT2D eigenvalue weighted by molar-refractivity contribution is -0.130. The van der Waals surface area contributed by atoms with Crippen LogP contribution >= 0.6 is 22.9 Å². The van der Waals surface area contributed by atoms with Crippen molar-refractivity contribution in [2.24, 2.45) is 0 Å². The number of halogens is 1. The molecule has 1 aliphatic heterocycles. The van der Waals surface area contributed by atoms with Gasteiger partial charge in [0.2, 0.25) is 11.0 Å². The molecule has 0 saturated carbocycles. The molecule has 1 saturated heterocycles. The fourth-order valence-corrected chi connectivity index (χ4v) is 4.08. The third-order valence-electron chi connectivity index (χ3n) is 4.50. The number of benzene rings is 1. The van der Waals surface area contributed by atoms with Crippen molar-refractivity contribution in [1.29, 1.82) is 0 Å². The van der Waals surface area contributed by atoms with Gasteiger partial charge >= 0.3 is 0 Å². The van der Waals surface area contributed by atoms with Crippen molar-refractivity contribution in [3.8, 4) is 10.7 Å². The largest absolute Gasteiger partial charge is 0.343 e. The smallest absolute Gasteiger partial charge is 0.227 e. The van der Waals surface area contributed by atoms with Crippen LogP contribution in [0.3, 0.4) is 0 Å². The van der Waals surface area contributed by atoms with Crippen LogP contribution in [-0.4, -0.2) is 52.2 Å². The highest BCUT2D eigenvalue weighted by Gasteiger charge is 2.24. The summed E-state index contributed by atoms with van der Waals surface area (Å²) in [6.07, 6.45) is 2.09. The predicted octanol–water partition coefficient (Wildman–Crippen LogP) is 3.14. The Bertz CT molecular complexity index is 925. The Labute approximate surface area is 166 Å². The van der Waals surface area contributed by atoms with Gasteiger partial charge in [-0.05, 0) is 23.8 Å². The zero-order valence-corrected chi connectivity index (χ0v) is 16.2. The van der Waals surface area contributed by atoms with Crippen molar-refractivity contribution < 1.29 is 4.79 Å². The molecule has 6 nitrogen and oxygen atoms in total. The number of hydrogen-bond donors (Lipinski definition) is 0. The van der Waals surface area contributed by atoms with E-state index >= 15 is 0 Å². The number of aromatic nitrogens is 3. The molecule has 3 heterocycles. The predicted molar refractivity (Wildman–Crippen MR) is 107 cm³/mol. The first-order chi connectivity index (χ1) is 13.2. The van der Waals surface area contributed by atoms with Crippen LogP contribution in [-0.2, 0) is 11.2 Å². The van der Waals surface area contributed by atoms with Gasteiger partial charge in [0.05, 0.1) is 6.42 Å². The summed E-state index contributed by atoms with van der Waals surface area (Å²) < 4.78 is 0. The van der Waals surface area contributed by atoms with E-state index in [9.17, 15) is 4.79 Å². The Morgan fingerprint density at radius 3 is 2.56 bits per heavy atom.